The summed E-state index contributed by atoms with van der Waals surface area (Å²) in [5.74, 6) is 0.623. The molecule has 6 heteroatoms. The second kappa shape index (κ2) is 7.83. The van der Waals surface area contributed by atoms with E-state index < -0.39 is 0 Å². The second-order valence-electron chi connectivity index (χ2n) is 5.32. The van der Waals surface area contributed by atoms with E-state index in [1.54, 1.807) is 19.2 Å². The van der Waals surface area contributed by atoms with Crippen LogP contribution in [0.15, 0.2) is 18.2 Å². The van der Waals surface area contributed by atoms with Crippen molar-refractivity contribution in [3.8, 4) is 5.75 Å². The highest BCUT2D eigenvalue weighted by Gasteiger charge is 2.15. The van der Waals surface area contributed by atoms with E-state index in [0.29, 0.717) is 18.0 Å². The highest BCUT2D eigenvalue weighted by atomic mass is 16.6. The van der Waals surface area contributed by atoms with Crippen molar-refractivity contribution in [2.24, 2.45) is 0 Å². The van der Waals surface area contributed by atoms with Crippen LogP contribution in [0, 0.1) is 10.1 Å². The van der Waals surface area contributed by atoms with Crippen LogP contribution in [0.5, 0.6) is 5.75 Å². The molecule has 1 fully saturated rings. The SMILES string of the molecule is COc1ccc([N+](=O)[O-])c(NCCN2CCCCCC2)c1. The van der Waals surface area contributed by atoms with E-state index >= 15 is 0 Å². The molecule has 0 bridgehead atoms. The topological polar surface area (TPSA) is 67.6 Å². The number of anilines is 1. The number of nitro benzene ring substituents is 1. The first-order valence-electron chi connectivity index (χ1n) is 7.49. The fraction of sp³-hybridized carbons (Fsp3) is 0.600. The van der Waals surface area contributed by atoms with Gasteiger partial charge in [-0.2, -0.15) is 0 Å². The highest BCUT2D eigenvalue weighted by Crippen LogP contribution is 2.28. The maximum absolute atomic E-state index is 11.0. The minimum atomic E-state index is -0.367. The maximum Gasteiger partial charge on any atom is 0.292 e. The predicted molar refractivity (Wildman–Crippen MR) is 83.0 cm³/mol. The van der Waals surface area contributed by atoms with Crippen LogP contribution in [0.3, 0.4) is 0 Å². The second-order valence-corrected chi connectivity index (χ2v) is 5.32. The van der Waals surface area contributed by atoms with Gasteiger partial charge in [-0.3, -0.25) is 10.1 Å². The summed E-state index contributed by atoms with van der Waals surface area (Å²) in [6, 6.07) is 4.77. The van der Waals surface area contributed by atoms with E-state index in [9.17, 15) is 10.1 Å². The van der Waals surface area contributed by atoms with Crippen molar-refractivity contribution in [1.82, 2.24) is 4.90 Å². The number of likely N-dealkylation sites (tertiary alicyclic amines) is 1. The molecule has 1 heterocycles. The quantitative estimate of drug-likeness (QED) is 0.645. The van der Waals surface area contributed by atoms with Crippen LogP contribution < -0.4 is 10.1 Å². The molecule has 0 spiro atoms. The summed E-state index contributed by atoms with van der Waals surface area (Å²) in [5.41, 5.74) is 0.612. The van der Waals surface area contributed by atoms with Gasteiger partial charge >= 0.3 is 0 Å². The zero-order valence-corrected chi connectivity index (χ0v) is 12.5. The van der Waals surface area contributed by atoms with Crippen LogP contribution in [-0.2, 0) is 0 Å². The molecule has 0 aliphatic carbocycles. The Morgan fingerprint density at radius 3 is 2.62 bits per heavy atom. The molecular formula is C15H23N3O3. The van der Waals surface area contributed by atoms with E-state index in [0.717, 1.165) is 19.6 Å². The van der Waals surface area contributed by atoms with Gasteiger partial charge in [0.05, 0.1) is 12.0 Å². The number of ether oxygens (including phenoxy) is 1. The van der Waals surface area contributed by atoms with Crippen LogP contribution in [0.4, 0.5) is 11.4 Å². The third-order valence-electron chi connectivity index (χ3n) is 3.84. The lowest BCUT2D eigenvalue weighted by Gasteiger charge is -2.20. The summed E-state index contributed by atoms with van der Waals surface area (Å²) in [4.78, 5) is 13.1. The highest BCUT2D eigenvalue weighted by molar-refractivity contribution is 5.64. The van der Waals surface area contributed by atoms with Crippen LogP contribution in [0.2, 0.25) is 0 Å². The average molecular weight is 293 g/mol. The summed E-state index contributed by atoms with van der Waals surface area (Å²) in [6.45, 7) is 3.87. The summed E-state index contributed by atoms with van der Waals surface area (Å²) in [5, 5.41) is 14.2. The third-order valence-corrected chi connectivity index (χ3v) is 3.84. The zero-order chi connectivity index (χ0) is 15.1. The molecule has 1 aliphatic heterocycles. The number of benzene rings is 1. The van der Waals surface area contributed by atoms with Gasteiger partial charge in [0.2, 0.25) is 0 Å². The van der Waals surface area contributed by atoms with Crippen molar-refractivity contribution in [2.45, 2.75) is 25.7 Å². The molecule has 1 aliphatic rings. The lowest BCUT2D eigenvalue weighted by molar-refractivity contribution is -0.384. The van der Waals surface area contributed by atoms with Gasteiger partial charge in [0.15, 0.2) is 0 Å². The number of nitro groups is 1. The van der Waals surface area contributed by atoms with E-state index in [1.807, 2.05) is 0 Å². The molecule has 2 rings (SSSR count). The Bertz CT molecular complexity index is 471. The smallest absolute Gasteiger partial charge is 0.292 e. The molecule has 0 atom stereocenters. The first kappa shape index (κ1) is 15.6. The van der Waals surface area contributed by atoms with Gasteiger partial charge in [-0.05, 0) is 32.0 Å². The Hall–Kier alpha value is -1.82. The first-order valence-corrected chi connectivity index (χ1v) is 7.49. The van der Waals surface area contributed by atoms with Gasteiger partial charge in [0.25, 0.3) is 5.69 Å². The first-order chi connectivity index (χ1) is 10.2. The number of rotatable bonds is 6. The number of hydrogen-bond donors (Lipinski definition) is 1. The number of methoxy groups -OCH3 is 1. The molecule has 1 saturated heterocycles. The molecule has 0 amide bonds. The van der Waals surface area contributed by atoms with Gasteiger partial charge < -0.3 is 15.0 Å². The molecule has 0 saturated carbocycles. The molecule has 0 unspecified atom stereocenters. The molecule has 1 aromatic rings. The lowest BCUT2D eigenvalue weighted by atomic mass is 10.2. The minimum Gasteiger partial charge on any atom is -0.497 e. The number of nitrogens with one attached hydrogen (secondary N) is 1. The summed E-state index contributed by atoms with van der Waals surface area (Å²) in [7, 11) is 1.56. The summed E-state index contributed by atoms with van der Waals surface area (Å²) >= 11 is 0. The van der Waals surface area contributed by atoms with Crippen molar-refractivity contribution in [3.05, 3.63) is 28.3 Å². The molecule has 6 nitrogen and oxygen atoms in total. The van der Waals surface area contributed by atoms with E-state index in [-0.39, 0.29) is 10.6 Å². The Morgan fingerprint density at radius 2 is 2.00 bits per heavy atom. The minimum absolute atomic E-state index is 0.0895. The average Bonchev–Trinajstić information content (AvgIpc) is 2.75. The van der Waals surface area contributed by atoms with Gasteiger partial charge in [-0.1, -0.05) is 12.8 Å². The molecule has 21 heavy (non-hydrogen) atoms. The van der Waals surface area contributed by atoms with E-state index in [2.05, 4.69) is 10.2 Å². The fourth-order valence-electron chi connectivity index (χ4n) is 2.65. The normalized spacial score (nSPS) is 16.2. The maximum atomic E-state index is 11.0. The van der Waals surface area contributed by atoms with Gasteiger partial charge in [0.1, 0.15) is 11.4 Å². The largest absolute Gasteiger partial charge is 0.497 e. The summed E-state index contributed by atoms with van der Waals surface area (Å²) < 4.78 is 5.13. The molecular weight excluding hydrogens is 270 g/mol. The van der Waals surface area contributed by atoms with Crippen molar-refractivity contribution in [2.75, 3.05) is 38.6 Å². The van der Waals surface area contributed by atoms with Gasteiger partial charge in [-0.15, -0.1) is 0 Å². The predicted octanol–water partition coefficient (Wildman–Crippen LogP) is 2.89. The van der Waals surface area contributed by atoms with Crippen molar-refractivity contribution < 1.29 is 9.66 Å². The van der Waals surface area contributed by atoms with Crippen LogP contribution in [0.25, 0.3) is 0 Å². The number of nitrogens with zero attached hydrogens (tertiary/aromatic N) is 2. The molecule has 1 aromatic carbocycles. The Labute approximate surface area is 125 Å². The molecule has 1 N–H and O–H groups in total. The molecule has 116 valence electrons. The monoisotopic (exact) mass is 293 g/mol. The fourth-order valence-corrected chi connectivity index (χ4v) is 2.65. The molecule has 0 radical (unpaired) electrons. The van der Waals surface area contributed by atoms with Crippen LogP contribution in [-0.4, -0.2) is 43.1 Å². The summed E-state index contributed by atoms with van der Waals surface area (Å²) in [6.07, 6.45) is 5.12. The number of hydrogen-bond acceptors (Lipinski definition) is 5. The Kier molecular flexibility index (Phi) is 5.80. The van der Waals surface area contributed by atoms with Crippen molar-refractivity contribution in [1.29, 1.82) is 0 Å². The van der Waals surface area contributed by atoms with Crippen LogP contribution in [0.1, 0.15) is 25.7 Å². The Balaban J connectivity index is 1.93. The van der Waals surface area contributed by atoms with Gasteiger partial charge in [0, 0.05) is 25.2 Å². The van der Waals surface area contributed by atoms with Gasteiger partial charge in [-0.25, -0.2) is 0 Å². The Morgan fingerprint density at radius 1 is 1.29 bits per heavy atom. The third kappa shape index (κ3) is 4.60. The van der Waals surface area contributed by atoms with E-state index in [1.165, 1.54) is 31.7 Å². The van der Waals surface area contributed by atoms with E-state index in [4.69, 9.17) is 4.74 Å². The van der Waals surface area contributed by atoms with Crippen molar-refractivity contribution >= 4 is 11.4 Å². The molecule has 0 aromatic heterocycles. The standard InChI is InChI=1S/C15H23N3O3/c1-21-13-6-7-15(18(19)20)14(12-13)16-8-11-17-9-4-2-3-5-10-17/h6-7,12,16H,2-5,8-11H2,1H3. The lowest BCUT2D eigenvalue weighted by Crippen LogP contribution is -2.30. The van der Waals surface area contributed by atoms with Crippen molar-refractivity contribution in [3.63, 3.8) is 0 Å². The van der Waals surface area contributed by atoms with Crippen LogP contribution >= 0.6 is 0 Å². The zero-order valence-electron chi connectivity index (χ0n) is 12.5.